The molecule has 144 valence electrons. The first-order chi connectivity index (χ1) is 13.1. The predicted octanol–water partition coefficient (Wildman–Crippen LogP) is 3.20. The van der Waals surface area contributed by atoms with Gasteiger partial charge in [-0.05, 0) is 36.1 Å². The molecule has 2 aromatic rings. The van der Waals surface area contributed by atoms with Crippen LogP contribution in [0, 0.1) is 5.92 Å². The summed E-state index contributed by atoms with van der Waals surface area (Å²) in [4.78, 5) is 25.1. The number of nitrogens with one attached hydrogen (secondary N) is 2. The van der Waals surface area contributed by atoms with Crippen molar-refractivity contribution >= 4 is 11.8 Å². The molecule has 5 nitrogen and oxygen atoms in total. The lowest BCUT2D eigenvalue weighted by atomic mass is 9.97. The third-order valence-corrected chi connectivity index (χ3v) is 4.70. The Morgan fingerprint density at radius 2 is 1.70 bits per heavy atom. The summed E-state index contributed by atoms with van der Waals surface area (Å²) < 4.78 is 5.34. The molecule has 0 saturated carbocycles. The number of hydrogen-bond donors (Lipinski definition) is 2. The van der Waals surface area contributed by atoms with E-state index >= 15 is 0 Å². The zero-order valence-electron chi connectivity index (χ0n) is 16.2. The van der Waals surface area contributed by atoms with Gasteiger partial charge in [-0.25, -0.2) is 0 Å². The second kappa shape index (κ2) is 10.4. The number of rotatable bonds is 9. The standard InChI is InChI=1S/C22H28N2O3/c1-4-16(2)20(24-21(25)18-11-6-5-7-12-18)22(26)23-15-14-17-10-8-9-13-19(17)27-3/h5-13,16,20H,4,14-15H2,1-3H3,(H,23,26)(H,24,25)/t16-,20-/m0/s1. The van der Waals surface area contributed by atoms with Crippen LogP contribution >= 0.6 is 0 Å². The Hall–Kier alpha value is -2.82. The maximum absolute atomic E-state index is 12.7. The first kappa shape index (κ1) is 20.5. The van der Waals surface area contributed by atoms with Crippen molar-refractivity contribution in [1.29, 1.82) is 0 Å². The van der Waals surface area contributed by atoms with Gasteiger partial charge >= 0.3 is 0 Å². The fourth-order valence-corrected chi connectivity index (χ4v) is 2.86. The molecule has 0 heterocycles. The molecule has 2 amide bonds. The first-order valence-corrected chi connectivity index (χ1v) is 9.32. The number of amides is 2. The van der Waals surface area contributed by atoms with Crippen LogP contribution in [0.1, 0.15) is 36.2 Å². The van der Waals surface area contributed by atoms with Crippen LogP contribution in [0.5, 0.6) is 5.75 Å². The van der Waals surface area contributed by atoms with Crippen LogP contribution in [0.4, 0.5) is 0 Å². The van der Waals surface area contributed by atoms with E-state index < -0.39 is 6.04 Å². The highest BCUT2D eigenvalue weighted by Gasteiger charge is 2.26. The van der Waals surface area contributed by atoms with E-state index in [1.807, 2.05) is 44.2 Å². The van der Waals surface area contributed by atoms with Gasteiger partial charge in [0.05, 0.1) is 7.11 Å². The highest BCUT2D eigenvalue weighted by atomic mass is 16.5. The second-order valence-electron chi connectivity index (χ2n) is 6.56. The van der Waals surface area contributed by atoms with E-state index in [-0.39, 0.29) is 17.7 Å². The van der Waals surface area contributed by atoms with Gasteiger partial charge in [-0.3, -0.25) is 9.59 Å². The highest BCUT2D eigenvalue weighted by molar-refractivity contribution is 5.97. The fourth-order valence-electron chi connectivity index (χ4n) is 2.86. The molecule has 0 aliphatic carbocycles. The third-order valence-electron chi connectivity index (χ3n) is 4.70. The molecule has 0 aliphatic heterocycles. The van der Waals surface area contributed by atoms with Gasteiger partial charge in [0.15, 0.2) is 0 Å². The van der Waals surface area contributed by atoms with E-state index in [1.165, 1.54) is 0 Å². The van der Waals surface area contributed by atoms with Crippen LogP contribution < -0.4 is 15.4 Å². The second-order valence-corrected chi connectivity index (χ2v) is 6.56. The predicted molar refractivity (Wildman–Crippen MR) is 107 cm³/mol. The van der Waals surface area contributed by atoms with Gasteiger partial charge in [-0.15, -0.1) is 0 Å². The summed E-state index contributed by atoms with van der Waals surface area (Å²) in [6.45, 7) is 4.46. The van der Waals surface area contributed by atoms with E-state index in [4.69, 9.17) is 4.74 Å². The van der Waals surface area contributed by atoms with Gasteiger partial charge in [0.25, 0.3) is 5.91 Å². The molecule has 2 rings (SSSR count). The monoisotopic (exact) mass is 368 g/mol. The minimum atomic E-state index is -0.569. The van der Waals surface area contributed by atoms with Crippen molar-refractivity contribution in [2.45, 2.75) is 32.7 Å². The van der Waals surface area contributed by atoms with Crippen molar-refractivity contribution in [2.24, 2.45) is 5.92 Å². The van der Waals surface area contributed by atoms with Gasteiger partial charge in [0, 0.05) is 12.1 Å². The number of methoxy groups -OCH3 is 1. The summed E-state index contributed by atoms with van der Waals surface area (Å²) in [7, 11) is 1.63. The van der Waals surface area contributed by atoms with Gasteiger partial charge in [0.1, 0.15) is 11.8 Å². The Morgan fingerprint density at radius 1 is 1.04 bits per heavy atom. The zero-order valence-corrected chi connectivity index (χ0v) is 16.2. The van der Waals surface area contributed by atoms with Crippen LogP contribution in [-0.4, -0.2) is 31.5 Å². The summed E-state index contributed by atoms with van der Waals surface area (Å²) in [6.07, 6.45) is 1.45. The van der Waals surface area contributed by atoms with Crippen molar-refractivity contribution in [3.8, 4) is 5.75 Å². The van der Waals surface area contributed by atoms with E-state index in [1.54, 1.807) is 31.4 Å². The van der Waals surface area contributed by atoms with Crippen molar-refractivity contribution in [1.82, 2.24) is 10.6 Å². The van der Waals surface area contributed by atoms with Crippen LogP contribution in [0.3, 0.4) is 0 Å². The molecule has 0 fully saturated rings. The maximum atomic E-state index is 12.7. The molecular weight excluding hydrogens is 340 g/mol. The summed E-state index contributed by atoms with van der Waals surface area (Å²) in [5.74, 6) is 0.441. The molecule has 27 heavy (non-hydrogen) atoms. The topological polar surface area (TPSA) is 67.4 Å². The molecule has 0 saturated heterocycles. The Labute approximate surface area is 161 Å². The zero-order chi connectivity index (χ0) is 19.6. The minimum absolute atomic E-state index is 0.0314. The summed E-state index contributed by atoms with van der Waals surface area (Å²) in [6, 6.07) is 16.1. The number of ether oxygens (including phenoxy) is 1. The normalized spacial score (nSPS) is 12.7. The van der Waals surface area contributed by atoms with Crippen molar-refractivity contribution < 1.29 is 14.3 Å². The smallest absolute Gasteiger partial charge is 0.251 e. The Morgan fingerprint density at radius 3 is 2.37 bits per heavy atom. The Bertz CT molecular complexity index is 746. The summed E-state index contributed by atoms with van der Waals surface area (Å²) in [5.41, 5.74) is 1.58. The van der Waals surface area contributed by atoms with E-state index in [0.717, 1.165) is 17.7 Å². The lowest BCUT2D eigenvalue weighted by molar-refractivity contribution is -0.124. The van der Waals surface area contributed by atoms with Crippen LogP contribution in [0.15, 0.2) is 54.6 Å². The quantitative estimate of drug-likeness (QED) is 0.714. The number of carbonyl (C=O) groups is 2. The largest absolute Gasteiger partial charge is 0.496 e. The first-order valence-electron chi connectivity index (χ1n) is 9.32. The maximum Gasteiger partial charge on any atom is 0.251 e. The summed E-state index contributed by atoms with van der Waals surface area (Å²) in [5, 5.41) is 5.82. The van der Waals surface area contributed by atoms with Gasteiger partial charge < -0.3 is 15.4 Å². The van der Waals surface area contributed by atoms with Crippen molar-refractivity contribution in [3.63, 3.8) is 0 Å². The fraction of sp³-hybridized carbons (Fsp3) is 0.364. The number of benzene rings is 2. The molecule has 0 spiro atoms. The Kier molecular flexibility index (Phi) is 7.86. The summed E-state index contributed by atoms with van der Waals surface area (Å²) >= 11 is 0. The van der Waals surface area contributed by atoms with Gasteiger partial charge in [0.2, 0.25) is 5.91 Å². The average Bonchev–Trinajstić information content (AvgIpc) is 2.72. The highest BCUT2D eigenvalue weighted by Crippen LogP contribution is 2.17. The van der Waals surface area contributed by atoms with Crippen molar-refractivity contribution in [2.75, 3.05) is 13.7 Å². The lowest BCUT2D eigenvalue weighted by Crippen LogP contribution is -2.50. The van der Waals surface area contributed by atoms with Crippen LogP contribution in [0.2, 0.25) is 0 Å². The van der Waals surface area contributed by atoms with Crippen molar-refractivity contribution in [3.05, 3.63) is 65.7 Å². The SMILES string of the molecule is CC[C@H](C)[C@H](NC(=O)c1ccccc1)C(=O)NCCc1ccccc1OC. The van der Waals surface area contributed by atoms with Crippen LogP contribution in [-0.2, 0) is 11.2 Å². The minimum Gasteiger partial charge on any atom is -0.496 e. The molecule has 0 bridgehead atoms. The molecular formula is C22H28N2O3. The molecule has 2 N–H and O–H groups in total. The molecule has 2 aromatic carbocycles. The average molecular weight is 368 g/mol. The number of para-hydroxylation sites is 1. The molecule has 0 aromatic heterocycles. The van der Waals surface area contributed by atoms with Gasteiger partial charge in [-0.1, -0.05) is 56.7 Å². The Balaban J connectivity index is 1.97. The van der Waals surface area contributed by atoms with E-state index in [2.05, 4.69) is 10.6 Å². The third kappa shape index (κ3) is 5.84. The van der Waals surface area contributed by atoms with Crippen LogP contribution in [0.25, 0.3) is 0 Å². The molecule has 0 radical (unpaired) electrons. The molecule has 2 atom stereocenters. The molecule has 5 heteroatoms. The molecule has 0 aliphatic rings. The van der Waals surface area contributed by atoms with Gasteiger partial charge in [-0.2, -0.15) is 0 Å². The number of carbonyl (C=O) groups excluding carboxylic acids is 2. The lowest BCUT2D eigenvalue weighted by Gasteiger charge is -2.23. The number of hydrogen-bond acceptors (Lipinski definition) is 3. The van der Waals surface area contributed by atoms with E-state index in [9.17, 15) is 9.59 Å². The molecule has 0 unspecified atom stereocenters. The van der Waals surface area contributed by atoms with E-state index in [0.29, 0.717) is 18.5 Å².